The Morgan fingerprint density at radius 3 is 2.76 bits per heavy atom. The molecule has 0 aromatic heterocycles. The number of hydrogen-bond donors (Lipinski definition) is 1. The lowest BCUT2D eigenvalue weighted by molar-refractivity contribution is 0.138. The fourth-order valence-electron chi connectivity index (χ4n) is 2.74. The first-order chi connectivity index (χ1) is 9.87. The first kappa shape index (κ1) is 14.4. The van der Waals surface area contributed by atoms with E-state index in [0.29, 0.717) is 5.56 Å². The van der Waals surface area contributed by atoms with Gasteiger partial charge in [-0.25, -0.2) is 4.39 Å². The lowest BCUT2D eigenvalue weighted by Gasteiger charge is -2.16. The molecule has 110 valence electrons. The molecule has 0 radical (unpaired) electrons. The smallest absolute Gasteiger partial charge is 0.130 e. The van der Waals surface area contributed by atoms with E-state index in [1.165, 1.54) is 12.1 Å². The highest BCUT2D eigenvalue weighted by Crippen LogP contribution is 2.38. The van der Waals surface area contributed by atoms with Crippen LogP contribution in [-0.2, 0) is 6.42 Å². The van der Waals surface area contributed by atoms with Crippen LogP contribution in [0.15, 0.2) is 36.4 Å². The van der Waals surface area contributed by atoms with Gasteiger partial charge in [0.2, 0.25) is 0 Å². The van der Waals surface area contributed by atoms with Crippen molar-refractivity contribution in [3.63, 3.8) is 0 Å². The minimum atomic E-state index is -1.09. The molecule has 0 saturated heterocycles. The standard InChI is InChI=1S/C17H16ClFO2/c1-17(2)9-11-8-10(6-7-14(11)21-17)16(20)15-12(18)4-3-5-13(15)19/h3-8,16,20H,9H2,1-2H3. The number of hydrogen-bond acceptors (Lipinski definition) is 2. The Kier molecular flexibility index (Phi) is 3.42. The van der Waals surface area contributed by atoms with Crippen molar-refractivity contribution in [2.45, 2.75) is 32.0 Å². The summed E-state index contributed by atoms with van der Waals surface area (Å²) >= 11 is 6.01. The molecule has 1 aliphatic rings. The lowest BCUT2D eigenvalue weighted by atomic mass is 9.96. The highest BCUT2D eigenvalue weighted by Gasteiger charge is 2.31. The zero-order valence-electron chi connectivity index (χ0n) is 11.9. The fraction of sp³-hybridized carbons (Fsp3) is 0.294. The van der Waals surface area contributed by atoms with E-state index in [1.54, 1.807) is 12.1 Å². The molecule has 1 atom stereocenters. The maximum absolute atomic E-state index is 13.9. The summed E-state index contributed by atoms with van der Waals surface area (Å²) in [4.78, 5) is 0. The molecule has 2 aromatic rings. The van der Waals surface area contributed by atoms with Gasteiger partial charge in [0.15, 0.2) is 0 Å². The third kappa shape index (κ3) is 2.63. The van der Waals surface area contributed by atoms with Crippen LogP contribution in [-0.4, -0.2) is 10.7 Å². The van der Waals surface area contributed by atoms with Gasteiger partial charge in [0.25, 0.3) is 0 Å². The Balaban J connectivity index is 1.99. The van der Waals surface area contributed by atoms with Gasteiger partial charge in [-0.15, -0.1) is 0 Å². The van der Waals surface area contributed by atoms with Crippen molar-refractivity contribution in [1.29, 1.82) is 0 Å². The molecule has 0 bridgehead atoms. The van der Waals surface area contributed by atoms with Crippen LogP contribution >= 0.6 is 11.6 Å². The molecular weight excluding hydrogens is 291 g/mol. The minimum absolute atomic E-state index is 0.109. The van der Waals surface area contributed by atoms with Crippen molar-refractivity contribution in [2.24, 2.45) is 0 Å². The van der Waals surface area contributed by atoms with Crippen molar-refractivity contribution in [2.75, 3.05) is 0 Å². The first-order valence-corrected chi connectivity index (χ1v) is 7.19. The predicted molar refractivity (Wildman–Crippen MR) is 80.3 cm³/mol. The van der Waals surface area contributed by atoms with Crippen LogP contribution in [0.25, 0.3) is 0 Å². The fourth-order valence-corrected chi connectivity index (χ4v) is 3.00. The second kappa shape index (κ2) is 5.00. The topological polar surface area (TPSA) is 29.5 Å². The Morgan fingerprint density at radius 1 is 1.29 bits per heavy atom. The van der Waals surface area contributed by atoms with Gasteiger partial charge in [0, 0.05) is 17.0 Å². The summed E-state index contributed by atoms with van der Waals surface area (Å²) in [6.07, 6.45) is -0.332. The molecular formula is C17H16ClFO2. The number of fused-ring (bicyclic) bond motifs is 1. The minimum Gasteiger partial charge on any atom is -0.487 e. The molecule has 0 saturated carbocycles. The summed E-state index contributed by atoms with van der Waals surface area (Å²) in [7, 11) is 0. The van der Waals surface area contributed by atoms with E-state index in [9.17, 15) is 9.50 Å². The van der Waals surface area contributed by atoms with Gasteiger partial charge in [-0.1, -0.05) is 23.7 Å². The second-order valence-corrected chi connectivity index (χ2v) is 6.35. The monoisotopic (exact) mass is 306 g/mol. The number of benzene rings is 2. The largest absolute Gasteiger partial charge is 0.487 e. The van der Waals surface area contributed by atoms with Gasteiger partial charge in [0.05, 0.1) is 0 Å². The molecule has 1 heterocycles. The molecule has 0 amide bonds. The van der Waals surface area contributed by atoms with Gasteiger partial charge < -0.3 is 9.84 Å². The highest BCUT2D eigenvalue weighted by molar-refractivity contribution is 6.31. The van der Waals surface area contributed by atoms with Crippen LogP contribution < -0.4 is 4.74 Å². The lowest BCUT2D eigenvalue weighted by Crippen LogP contribution is -2.24. The number of aliphatic hydroxyl groups excluding tert-OH is 1. The molecule has 21 heavy (non-hydrogen) atoms. The van der Waals surface area contributed by atoms with Crippen molar-refractivity contribution in [3.8, 4) is 5.75 Å². The summed E-state index contributed by atoms with van der Waals surface area (Å²) < 4.78 is 19.7. The number of ether oxygens (including phenoxy) is 1. The van der Waals surface area contributed by atoms with Crippen LogP contribution in [0.2, 0.25) is 5.02 Å². The van der Waals surface area contributed by atoms with E-state index in [-0.39, 0.29) is 16.2 Å². The van der Waals surface area contributed by atoms with Gasteiger partial charge in [-0.2, -0.15) is 0 Å². The predicted octanol–water partition coefficient (Wildman–Crippen LogP) is 4.27. The Labute approximate surface area is 128 Å². The average molecular weight is 307 g/mol. The summed E-state index contributed by atoms with van der Waals surface area (Å²) in [5.41, 5.74) is 1.49. The van der Waals surface area contributed by atoms with Crippen molar-refractivity contribution in [3.05, 3.63) is 63.9 Å². The van der Waals surface area contributed by atoms with Gasteiger partial charge >= 0.3 is 0 Å². The first-order valence-electron chi connectivity index (χ1n) is 6.81. The third-order valence-corrected chi connectivity index (χ3v) is 4.01. The Bertz CT molecular complexity index is 677. The van der Waals surface area contributed by atoms with Crippen molar-refractivity contribution in [1.82, 2.24) is 0 Å². The summed E-state index contributed by atoms with van der Waals surface area (Å²) in [5, 5.41) is 10.7. The third-order valence-electron chi connectivity index (χ3n) is 3.68. The van der Waals surface area contributed by atoms with E-state index >= 15 is 0 Å². The van der Waals surface area contributed by atoms with Crippen LogP contribution in [0.5, 0.6) is 5.75 Å². The van der Waals surface area contributed by atoms with Crippen LogP contribution in [0.4, 0.5) is 4.39 Å². The van der Waals surface area contributed by atoms with Gasteiger partial charge in [-0.3, -0.25) is 0 Å². The number of rotatable bonds is 2. The molecule has 0 spiro atoms. The summed E-state index contributed by atoms with van der Waals surface area (Å²) in [6.45, 7) is 4.02. The molecule has 2 nitrogen and oxygen atoms in total. The second-order valence-electron chi connectivity index (χ2n) is 5.94. The molecule has 1 unspecified atom stereocenters. The van der Waals surface area contributed by atoms with Crippen molar-refractivity contribution < 1.29 is 14.2 Å². The number of aliphatic hydroxyl groups is 1. The highest BCUT2D eigenvalue weighted by atomic mass is 35.5. The van der Waals surface area contributed by atoms with Crippen LogP contribution in [0.1, 0.15) is 36.6 Å². The SMILES string of the molecule is CC1(C)Cc2cc(C(O)c3c(F)cccc3Cl)ccc2O1. The zero-order valence-corrected chi connectivity index (χ0v) is 12.6. The molecule has 1 N–H and O–H groups in total. The van der Waals surface area contributed by atoms with E-state index < -0.39 is 11.9 Å². The van der Waals surface area contributed by atoms with Gasteiger partial charge in [-0.05, 0) is 49.2 Å². The molecule has 1 aliphatic heterocycles. The Hall–Kier alpha value is -1.58. The van der Waals surface area contributed by atoms with Crippen LogP contribution in [0.3, 0.4) is 0 Å². The molecule has 4 heteroatoms. The van der Waals surface area contributed by atoms with E-state index in [2.05, 4.69) is 0 Å². The maximum atomic E-state index is 13.9. The normalized spacial score (nSPS) is 17.2. The quantitative estimate of drug-likeness (QED) is 0.897. The van der Waals surface area contributed by atoms with Crippen LogP contribution in [0, 0.1) is 5.82 Å². The molecule has 3 rings (SSSR count). The summed E-state index contributed by atoms with van der Waals surface area (Å²) in [5.74, 6) is 0.308. The maximum Gasteiger partial charge on any atom is 0.130 e. The van der Waals surface area contributed by atoms with E-state index in [1.807, 2.05) is 26.0 Å². The average Bonchev–Trinajstić information content (AvgIpc) is 2.70. The van der Waals surface area contributed by atoms with E-state index in [4.69, 9.17) is 16.3 Å². The van der Waals surface area contributed by atoms with Crippen molar-refractivity contribution >= 4 is 11.6 Å². The zero-order chi connectivity index (χ0) is 15.2. The molecule has 0 aliphatic carbocycles. The van der Waals surface area contributed by atoms with Gasteiger partial charge in [0.1, 0.15) is 23.3 Å². The Morgan fingerprint density at radius 2 is 2.05 bits per heavy atom. The molecule has 2 aromatic carbocycles. The summed E-state index contributed by atoms with van der Waals surface area (Å²) in [6, 6.07) is 9.81. The molecule has 0 fully saturated rings. The number of halogens is 2. The van der Waals surface area contributed by atoms with E-state index in [0.717, 1.165) is 17.7 Å².